The molecule has 1 heterocycles. The first kappa shape index (κ1) is 13.8. The van der Waals surface area contributed by atoms with E-state index in [-0.39, 0.29) is 6.04 Å². The summed E-state index contributed by atoms with van der Waals surface area (Å²) in [6, 6.07) is 12.0. The van der Waals surface area contributed by atoms with Gasteiger partial charge in [-0.3, -0.25) is 4.98 Å². The minimum absolute atomic E-state index is 0.133. The molecule has 0 aliphatic carbocycles. The number of halogens is 1. The first-order valence-corrected chi connectivity index (χ1v) is 6.53. The number of ether oxygens (including phenoxy) is 1. The highest BCUT2D eigenvalue weighted by molar-refractivity contribution is 6.30. The SMILES string of the molecule is CNC(Cc1ccccc1OC)c1ccc(Cl)cn1. The van der Waals surface area contributed by atoms with Gasteiger partial charge in [-0.05, 0) is 37.2 Å². The molecule has 100 valence electrons. The van der Waals surface area contributed by atoms with Crippen LogP contribution >= 0.6 is 11.6 Å². The van der Waals surface area contributed by atoms with Crippen molar-refractivity contribution in [2.24, 2.45) is 0 Å². The predicted molar refractivity (Wildman–Crippen MR) is 77.7 cm³/mol. The zero-order valence-corrected chi connectivity index (χ0v) is 11.8. The number of methoxy groups -OCH3 is 1. The summed E-state index contributed by atoms with van der Waals surface area (Å²) in [5.41, 5.74) is 2.12. The first-order chi connectivity index (χ1) is 9.24. The molecule has 0 fully saturated rings. The summed E-state index contributed by atoms with van der Waals surface area (Å²) in [6.07, 6.45) is 2.48. The van der Waals surface area contributed by atoms with Gasteiger partial charge in [0.05, 0.1) is 23.9 Å². The molecule has 0 saturated carbocycles. The molecule has 19 heavy (non-hydrogen) atoms. The van der Waals surface area contributed by atoms with Crippen molar-refractivity contribution in [2.75, 3.05) is 14.2 Å². The van der Waals surface area contributed by atoms with Crippen molar-refractivity contribution in [1.29, 1.82) is 0 Å². The molecule has 0 radical (unpaired) electrons. The molecule has 0 aliphatic heterocycles. The summed E-state index contributed by atoms with van der Waals surface area (Å²) in [4.78, 5) is 4.37. The summed E-state index contributed by atoms with van der Waals surface area (Å²) >= 11 is 5.86. The Balaban J connectivity index is 2.21. The van der Waals surface area contributed by atoms with E-state index in [1.807, 2.05) is 37.4 Å². The molecule has 0 amide bonds. The number of aromatic nitrogens is 1. The molecular weight excluding hydrogens is 260 g/mol. The molecule has 1 aromatic carbocycles. The van der Waals surface area contributed by atoms with Crippen LogP contribution in [0.5, 0.6) is 5.75 Å². The maximum absolute atomic E-state index is 5.86. The van der Waals surface area contributed by atoms with E-state index in [2.05, 4.69) is 16.4 Å². The zero-order valence-electron chi connectivity index (χ0n) is 11.1. The Morgan fingerprint density at radius 2 is 2.05 bits per heavy atom. The van der Waals surface area contributed by atoms with Crippen molar-refractivity contribution in [3.63, 3.8) is 0 Å². The Labute approximate surface area is 118 Å². The highest BCUT2D eigenvalue weighted by Crippen LogP contribution is 2.24. The van der Waals surface area contributed by atoms with Gasteiger partial charge in [0.1, 0.15) is 5.75 Å². The van der Waals surface area contributed by atoms with Crippen molar-refractivity contribution in [1.82, 2.24) is 10.3 Å². The monoisotopic (exact) mass is 276 g/mol. The third-order valence-electron chi connectivity index (χ3n) is 3.07. The quantitative estimate of drug-likeness (QED) is 0.910. The molecule has 1 aromatic heterocycles. The second-order valence-corrected chi connectivity index (χ2v) is 4.69. The number of nitrogens with one attached hydrogen (secondary N) is 1. The minimum Gasteiger partial charge on any atom is -0.496 e. The predicted octanol–water partition coefficient (Wildman–Crippen LogP) is 3.25. The number of nitrogens with zero attached hydrogens (tertiary/aromatic N) is 1. The van der Waals surface area contributed by atoms with Crippen LogP contribution in [0.15, 0.2) is 42.6 Å². The van der Waals surface area contributed by atoms with E-state index in [1.54, 1.807) is 13.3 Å². The molecule has 1 atom stereocenters. The topological polar surface area (TPSA) is 34.1 Å². The number of likely N-dealkylation sites (N-methyl/N-ethyl adjacent to an activating group) is 1. The molecule has 1 unspecified atom stereocenters. The molecular formula is C15H17ClN2O. The van der Waals surface area contributed by atoms with Gasteiger partial charge >= 0.3 is 0 Å². The summed E-state index contributed by atoms with van der Waals surface area (Å²) in [7, 11) is 3.62. The van der Waals surface area contributed by atoms with E-state index in [0.717, 1.165) is 23.4 Å². The van der Waals surface area contributed by atoms with Crippen molar-refractivity contribution >= 4 is 11.6 Å². The van der Waals surface area contributed by atoms with Gasteiger partial charge in [0.15, 0.2) is 0 Å². The highest BCUT2D eigenvalue weighted by atomic mass is 35.5. The molecule has 0 saturated heterocycles. The fourth-order valence-electron chi connectivity index (χ4n) is 2.04. The van der Waals surface area contributed by atoms with Crippen LogP contribution in [0.25, 0.3) is 0 Å². The Kier molecular flexibility index (Phi) is 4.77. The van der Waals surface area contributed by atoms with Crippen LogP contribution in [0, 0.1) is 0 Å². The van der Waals surface area contributed by atoms with Crippen LogP contribution in [0.3, 0.4) is 0 Å². The van der Waals surface area contributed by atoms with Crippen molar-refractivity contribution < 1.29 is 4.74 Å². The van der Waals surface area contributed by atoms with Crippen LogP contribution in [0.1, 0.15) is 17.3 Å². The lowest BCUT2D eigenvalue weighted by atomic mass is 10.0. The van der Waals surface area contributed by atoms with E-state index in [1.165, 1.54) is 0 Å². The van der Waals surface area contributed by atoms with Crippen molar-refractivity contribution in [3.8, 4) is 5.75 Å². The smallest absolute Gasteiger partial charge is 0.122 e. The van der Waals surface area contributed by atoms with Gasteiger partial charge in [0, 0.05) is 6.20 Å². The lowest BCUT2D eigenvalue weighted by molar-refractivity contribution is 0.406. The number of para-hydroxylation sites is 1. The van der Waals surface area contributed by atoms with Gasteiger partial charge in [0.2, 0.25) is 0 Å². The van der Waals surface area contributed by atoms with Gasteiger partial charge in [-0.2, -0.15) is 0 Å². The van der Waals surface area contributed by atoms with E-state index >= 15 is 0 Å². The van der Waals surface area contributed by atoms with Crippen LogP contribution in [-0.4, -0.2) is 19.1 Å². The lowest BCUT2D eigenvalue weighted by Gasteiger charge is -2.17. The second-order valence-electron chi connectivity index (χ2n) is 4.26. The van der Waals surface area contributed by atoms with E-state index in [4.69, 9.17) is 16.3 Å². The van der Waals surface area contributed by atoms with Crippen molar-refractivity contribution in [2.45, 2.75) is 12.5 Å². The van der Waals surface area contributed by atoms with E-state index < -0.39 is 0 Å². The van der Waals surface area contributed by atoms with Gasteiger partial charge in [0.25, 0.3) is 0 Å². The van der Waals surface area contributed by atoms with Crippen LogP contribution in [0.4, 0.5) is 0 Å². The summed E-state index contributed by atoms with van der Waals surface area (Å²) in [5.74, 6) is 0.900. The lowest BCUT2D eigenvalue weighted by Crippen LogP contribution is -2.20. The Morgan fingerprint density at radius 1 is 1.26 bits per heavy atom. The molecule has 2 aromatic rings. The van der Waals surface area contributed by atoms with E-state index in [9.17, 15) is 0 Å². The maximum Gasteiger partial charge on any atom is 0.122 e. The maximum atomic E-state index is 5.86. The Bertz CT molecular complexity index is 528. The fourth-order valence-corrected chi connectivity index (χ4v) is 2.15. The largest absolute Gasteiger partial charge is 0.496 e. The molecule has 1 N–H and O–H groups in total. The normalized spacial score (nSPS) is 12.2. The van der Waals surface area contributed by atoms with E-state index in [0.29, 0.717) is 5.02 Å². The molecule has 2 rings (SSSR count). The third-order valence-corrected chi connectivity index (χ3v) is 3.30. The zero-order chi connectivity index (χ0) is 13.7. The van der Waals surface area contributed by atoms with Gasteiger partial charge in [-0.1, -0.05) is 29.8 Å². The van der Waals surface area contributed by atoms with Crippen molar-refractivity contribution in [3.05, 3.63) is 58.9 Å². The minimum atomic E-state index is 0.133. The molecule has 0 bridgehead atoms. The van der Waals surface area contributed by atoms with Crippen LogP contribution in [0.2, 0.25) is 5.02 Å². The number of benzene rings is 1. The molecule has 3 nitrogen and oxygen atoms in total. The van der Waals surface area contributed by atoms with Crippen LogP contribution < -0.4 is 10.1 Å². The number of hydrogen-bond donors (Lipinski definition) is 1. The summed E-state index contributed by atoms with van der Waals surface area (Å²) < 4.78 is 5.38. The van der Waals surface area contributed by atoms with Crippen LogP contribution in [-0.2, 0) is 6.42 Å². The number of hydrogen-bond acceptors (Lipinski definition) is 3. The standard InChI is InChI=1S/C15H17ClN2O/c1-17-14(13-8-7-12(16)10-18-13)9-11-5-3-4-6-15(11)19-2/h3-8,10,14,17H,9H2,1-2H3. The number of rotatable bonds is 5. The molecule has 0 aliphatic rings. The Hall–Kier alpha value is -1.58. The third kappa shape index (κ3) is 3.46. The Morgan fingerprint density at radius 3 is 2.68 bits per heavy atom. The highest BCUT2D eigenvalue weighted by Gasteiger charge is 2.13. The average molecular weight is 277 g/mol. The fraction of sp³-hybridized carbons (Fsp3) is 0.267. The second kappa shape index (κ2) is 6.55. The summed E-state index contributed by atoms with van der Waals surface area (Å²) in [6.45, 7) is 0. The summed E-state index contributed by atoms with van der Waals surface area (Å²) in [5, 5.41) is 3.93. The first-order valence-electron chi connectivity index (χ1n) is 6.15. The number of pyridine rings is 1. The van der Waals surface area contributed by atoms with Gasteiger partial charge in [-0.15, -0.1) is 0 Å². The van der Waals surface area contributed by atoms with Gasteiger partial charge in [-0.25, -0.2) is 0 Å². The molecule has 0 spiro atoms. The van der Waals surface area contributed by atoms with Gasteiger partial charge < -0.3 is 10.1 Å². The average Bonchev–Trinajstić information content (AvgIpc) is 2.46. The molecule has 4 heteroatoms.